The third-order valence-corrected chi connectivity index (χ3v) is 5.51. The molecule has 3 rings (SSSR count). The summed E-state index contributed by atoms with van der Waals surface area (Å²) < 4.78 is 20.1. The van der Waals surface area contributed by atoms with E-state index in [0.29, 0.717) is 0 Å². The molecule has 1 aromatic rings. The number of hydrogen-bond acceptors (Lipinski definition) is 2. The van der Waals surface area contributed by atoms with Crippen LogP contribution in [-0.2, 0) is 11.2 Å². The van der Waals surface area contributed by atoms with Gasteiger partial charge in [-0.1, -0.05) is 15.9 Å². The van der Waals surface area contributed by atoms with Gasteiger partial charge in [0.25, 0.3) is 0 Å². The highest BCUT2D eigenvalue weighted by Gasteiger charge is 2.53. The van der Waals surface area contributed by atoms with E-state index < -0.39 is 0 Å². The van der Waals surface area contributed by atoms with E-state index in [9.17, 15) is 4.39 Å². The molecule has 0 radical (unpaired) electrons. The van der Waals surface area contributed by atoms with Gasteiger partial charge < -0.3 is 10.1 Å². The molecule has 2 saturated carbocycles. The van der Waals surface area contributed by atoms with Crippen LogP contribution in [0, 0.1) is 23.1 Å². The summed E-state index contributed by atoms with van der Waals surface area (Å²) in [5.41, 5.74) is 1.07. The first kappa shape index (κ1) is 15.4. The summed E-state index contributed by atoms with van der Waals surface area (Å²) in [6, 6.07) is 5.28. The maximum Gasteiger partial charge on any atom is 0.126 e. The van der Waals surface area contributed by atoms with Crippen molar-refractivity contribution in [3.05, 3.63) is 34.1 Å². The number of halogens is 2. The third kappa shape index (κ3) is 3.66. The van der Waals surface area contributed by atoms with E-state index in [-0.39, 0.29) is 11.2 Å². The van der Waals surface area contributed by atoms with E-state index in [4.69, 9.17) is 4.74 Å². The molecule has 2 fully saturated rings. The first-order valence-corrected chi connectivity index (χ1v) is 8.55. The van der Waals surface area contributed by atoms with Crippen LogP contribution in [-0.4, -0.2) is 26.8 Å². The van der Waals surface area contributed by atoms with Gasteiger partial charge in [0, 0.05) is 24.7 Å². The second kappa shape index (κ2) is 6.35. The van der Waals surface area contributed by atoms with Gasteiger partial charge in [0.2, 0.25) is 0 Å². The molecular weight excluding hydrogens is 333 g/mol. The van der Waals surface area contributed by atoms with Gasteiger partial charge >= 0.3 is 0 Å². The van der Waals surface area contributed by atoms with E-state index in [2.05, 4.69) is 21.2 Å². The Morgan fingerprint density at radius 3 is 2.86 bits per heavy atom. The van der Waals surface area contributed by atoms with Gasteiger partial charge in [-0.15, -0.1) is 0 Å². The van der Waals surface area contributed by atoms with Gasteiger partial charge in [0.15, 0.2) is 0 Å². The summed E-state index contributed by atoms with van der Waals surface area (Å²) in [5, 5.41) is 3.51. The summed E-state index contributed by atoms with van der Waals surface area (Å²) in [7, 11) is 1.72. The molecule has 2 aliphatic rings. The van der Waals surface area contributed by atoms with E-state index in [1.165, 1.54) is 19.3 Å². The Morgan fingerprint density at radius 2 is 2.14 bits per heavy atom. The van der Waals surface area contributed by atoms with Crippen molar-refractivity contribution in [3.63, 3.8) is 0 Å². The van der Waals surface area contributed by atoms with Crippen LogP contribution >= 0.6 is 15.9 Å². The molecular formula is C17H23BrFNO. The van der Waals surface area contributed by atoms with Crippen molar-refractivity contribution >= 4 is 15.9 Å². The number of hydrogen-bond donors (Lipinski definition) is 1. The van der Waals surface area contributed by atoms with E-state index >= 15 is 0 Å². The minimum Gasteiger partial charge on any atom is -0.383 e. The van der Waals surface area contributed by atoms with Gasteiger partial charge in [-0.2, -0.15) is 0 Å². The number of rotatable bonds is 7. The lowest BCUT2D eigenvalue weighted by atomic mass is 9.77. The fraction of sp³-hybridized carbons (Fsp3) is 0.647. The van der Waals surface area contributed by atoms with Gasteiger partial charge in [0.1, 0.15) is 5.82 Å². The zero-order valence-electron chi connectivity index (χ0n) is 12.5. The van der Waals surface area contributed by atoms with Crippen molar-refractivity contribution in [1.82, 2.24) is 5.32 Å². The van der Waals surface area contributed by atoms with Crippen LogP contribution in [0.4, 0.5) is 4.39 Å². The average Bonchev–Trinajstić information content (AvgIpc) is 3.07. The Balaban J connectivity index is 1.69. The first-order chi connectivity index (χ1) is 10.1. The number of methoxy groups -OCH3 is 1. The van der Waals surface area contributed by atoms with Gasteiger partial charge in [0.05, 0.1) is 6.61 Å². The molecule has 4 heteroatoms. The van der Waals surface area contributed by atoms with Gasteiger partial charge in [-0.05, 0) is 66.7 Å². The summed E-state index contributed by atoms with van der Waals surface area (Å²) in [4.78, 5) is 0. The maximum atomic E-state index is 14.1. The molecule has 116 valence electrons. The van der Waals surface area contributed by atoms with E-state index in [1.54, 1.807) is 19.2 Å². The summed E-state index contributed by atoms with van der Waals surface area (Å²) >= 11 is 3.46. The van der Waals surface area contributed by atoms with Crippen LogP contribution in [0.5, 0.6) is 0 Å². The standard InChI is InChI=1S/C17H23BrFNO/c1-21-5-4-20-11-17(8-12-6-13(12)9-17)10-14-7-15(18)2-3-16(14)19/h2-3,7,12-13,20H,4-6,8-11H2,1H3. The quantitative estimate of drug-likeness (QED) is 0.751. The predicted molar refractivity (Wildman–Crippen MR) is 85.8 cm³/mol. The smallest absolute Gasteiger partial charge is 0.126 e. The lowest BCUT2D eigenvalue weighted by Crippen LogP contribution is -2.36. The fourth-order valence-corrected chi connectivity index (χ4v) is 4.38. The Bertz CT molecular complexity index is 498. The Kier molecular flexibility index (Phi) is 4.67. The Morgan fingerprint density at radius 1 is 1.38 bits per heavy atom. The number of benzene rings is 1. The molecule has 0 aliphatic heterocycles. The van der Waals surface area contributed by atoms with Gasteiger partial charge in [-0.3, -0.25) is 0 Å². The lowest BCUT2D eigenvalue weighted by molar-refractivity contribution is 0.186. The summed E-state index contributed by atoms with van der Waals surface area (Å²) in [5.74, 6) is 1.71. The van der Waals surface area contributed by atoms with Crippen LogP contribution in [0.25, 0.3) is 0 Å². The fourth-order valence-electron chi connectivity index (χ4n) is 3.97. The number of fused-ring (bicyclic) bond motifs is 1. The molecule has 0 aromatic heterocycles. The van der Waals surface area contributed by atoms with Gasteiger partial charge in [-0.25, -0.2) is 4.39 Å². The largest absolute Gasteiger partial charge is 0.383 e. The van der Waals surface area contributed by atoms with E-state index in [0.717, 1.165) is 48.0 Å². The average molecular weight is 356 g/mol. The van der Waals surface area contributed by atoms with Crippen LogP contribution in [0.3, 0.4) is 0 Å². The number of ether oxygens (including phenoxy) is 1. The highest BCUT2D eigenvalue weighted by molar-refractivity contribution is 9.10. The van der Waals surface area contributed by atoms with Crippen LogP contribution in [0.2, 0.25) is 0 Å². The minimum absolute atomic E-state index is 0.0740. The molecule has 21 heavy (non-hydrogen) atoms. The first-order valence-electron chi connectivity index (χ1n) is 7.75. The Hall–Kier alpha value is -0.450. The summed E-state index contributed by atoms with van der Waals surface area (Å²) in [6.07, 6.45) is 4.71. The number of nitrogens with one attached hydrogen (secondary N) is 1. The summed E-state index contributed by atoms with van der Waals surface area (Å²) in [6.45, 7) is 2.57. The third-order valence-electron chi connectivity index (χ3n) is 5.02. The maximum absolute atomic E-state index is 14.1. The van der Waals surface area contributed by atoms with Crippen LogP contribution in [0.15, 0.2) is 22.7 Å². The zero-order valence-corrected chi connectivity index (χ0v) is 14.1. The highest BCUT2D eigenvalue weighted by atomic mass is 79.9. The Labute approximate surface area is 134 Å². The molecule has 0 amide bonds. The van der Waals surface area contributed by atoms with Crippen molar-refractivity contribution in [2.24, 2.45) is 17.3 Å². The normalized spacial score (nSPS) is 30.4. The topological polar surface area (TPSA) is 21.3 Å². The molecule has 1 aromatic carbocycles. The highest BCUT2D eigenvalue weighted by Crippen LogP contribution is 2.60. The predicted octanol–water partition coefficient (Wildman–Crippen LogP) is 3.78. The minimum atomic E-state index is -0.0740. The second-order valence-corrected chi connectivity index (χ2v) is 7.66. The van der Waals surface area contributed by atoms with Crippen molar-refractivity contribution in [3.8, 4) is 0 Å². The van der Waals surface area contributed by atoms with Crippen LogP contribution < -0.4 is 5.32 Å². The molecule has 1 N–H and O–H groups in total. The molecule has 2 aliphatic carbocycles. The monoisotopic (exact) mass is 355 g/mol. The van der Waals surface area contributed by atoms with Crippen LogP contribution in [0.1, 0.15) is 24.8 Å². The molecule has 2 atom stereocenters. The van der Waals surface area contributed by atoms with Crippen molar-refractivity contribution < 1.29 is 9.13 Å². The zero-order chi connectivity index (χ0) is 14.9. The molecule has 0 heterocycles. The molecule has 2 nitrogen and oxygen atoms in total. The molecule has 2 unspecified atom stereocenters. The molecule has 0 saturated heterocycles. The van der Waals surface area contributed by atoms with Crippen molar-refractivity contribution in [2.75, 3.05) is 26.8 Å². The lowest BCUT2D eigenvalue weighted by Gasteiger charge is -2.32. The van der Waals surface area contributed by atoms with E-state index in [1.807, 2.05) is 6.07 Å². The molecule has 0 spiro atoms. The second-order valence-electron chi connectivity index (χ2n) is 6.75. The van der Waals surface area contributed by atoms with Crippen molar-refractivity contribution in [2.45, 2.75) is 25.7 Å². The van der Waals surface area contributed by atoms with Crippen molar-refractivity contribution in [1.29, 1.82) is 0 Å². The molecule has 0 bridgehead atoms. The SMILES string of the molecule is COCCNCC1(Cc2cc(Br)ccc2F)CC2CC2C1.